The van der Waals surface area contributed by atoms with Gasteiger partial charge in [0.15, 0.2) is 0 Å². The highest BCUT2D eigenvalue weighted by atomic mass is 35.5. The first-order chi connectivity index (χ1) is 17.4. The molecule has 2 aromatic heterocycles. The minimum atomic E-state index is -0.369. The minimum Gasteiger partial charge on any atom is -0.462 e. The van der Waals surface area contributed by atoms with Crippen molar-refractivity contribution in [1.29, 1.82) is 0 Å². The molecule has 0 radical (unpaired) electrons. The molecule has 0 unspecified atom stereocenters. The van der Waals surface area contributed by atoms with E-state index in [4.69, 9.17) is 21.3 Å². The lowest BCUT2D eigenvalue weighted by Gasteiger charge is -2.18. The number of hydrogen-bond acceptors (Lipinski definition) is 5. The Morgan fingerprint density at radius 1 is 1.17 bits per heavy atom. The predicted octanol–water partition coefficient (Wildman–Crippen LogP) is 7.56. The molecule has 1 atom stereocenters. The molecular formula is C29H27ClN2O3S. The number of carbonyl (C=O) groups is 2. The van der Waals surface area contributed by atoms with Crippen LogP contribution in [0.15, 0.2) is 54.6 Å². The normalized spacial score (nSPS) is 14.9. The molecule has 2 heterocycles. The first-order valence-electron chi connectivity index (χ1n) is 12.2. The summed E-state index contributed by atoms with van der Waals surface area (Å²) in [6.45, 7) is 4.53. The van der Waals surface area contributed by atoms with Gasteiger partial charge in [0, 0.05) is 20.8 Å². The Bertz CT molecular complexity index is 1450. The Balaban J connectivity index is 1.58. The molecule has 5 rings (SSSR count). The van der Waals surface area contributed by atoms with E-state index in [9.17, 15) is 9.59 Å². The van der Waals surface area contributed by atoms with E-state index in [1.54, 1.807) is 18.2 Å². The highest BCUT2D eigenvalue weighted by molar-refractivity contribution is 7.17. The lowest BCUT2D eigenvalue weighted by molar-refractivity contribution is 0.0505. The number of amides is 1. The third-order valence-electron chi connectivity index (χ3n) is 6.47. The van der Waals surface area contributed by atoms with E-state index in [2.05, 4.69) is 12.2 Å². The molecule has 0 fully saturated rings. The number of esters is 1. The SMILES string of the molecule is CCCOC(=O)c1c(NC(=O)c2cc(-c3ccccc3)nc3ccc(Cl)cc23)sc2c1CC[C@H](C)C2. The molecule has 5 nitrogen and oxygen atoms in total. The lowest BCUT2D eigenvalue weighted by Crippen LogP contribution is -2.17. The number of nitrogens with one attached hydrogen (secondary N) is 1. The summed E-state index contributed by atoms with van der Waals surface area (Å²) in [5, 5.41) is 4.78. The maximum atomic E-state index is 13.8. The van der Waals surface area contributed by atoms with Crippen molar-refractivity contribution < 1.29 is 14.3 Å². The van der Waals surface area contributed by atoms with Crippen LogP contribution in [0.2, 0.25) is 5.02 Å². The van der Waals surface area contributed by atoms with Crippen LogP contribution in [0.25, 0.3) is 22.2 Å². The van der Waals surface area contributed by atoms with Crippen molar-refractivity contribution in [2.75, 3.05) is 11.9 Å². The molecule has 7 heteroatoms. The van der Waals surface area contributed by atoms with Crippen molar-refractivity contribution in [3.8, 4) is 11.3 Å². The highest BCUT2D eigenvalue weighted by Gasteiger charge is 2.29. The number of nitrogens with zero attached hydrogens (tertiary/aromatic N) is 1. The first-order valence-corrected chi connectivity index (χ1v) is 13.4. The molecule has 0 aliphatic heterocycles. The lowest BCUT2D eigenvalue weighted by atomic mass is 9.88. The molecule has 0 saturated heterocycles. The molecule has 36 heavy (non-hydrogen) atoms. The zero-order valence-corrected chi connectivity index (χ0v) is 21.8. The van der Waals surface area contributed by atoms with Crippen LogP contribution in [0.5, 0.6) is 0 Å². The van der Waals surface area contributed by atoms with E-state index in [0.29, 0.717) is 50.3 Å². The summed E-state index contributed by atoms with van der Waals surface area (Å²) in [5.41, 5.74) is 4.25. The van der Waals surface area contributed by atoms with E-state index in [0.717, 1.165) is 41.7 Å². The highest BCUT2D eigenvalue weighted by Crippen LogP contribution is 2.40. The quantitative estimate of drug-likeness (QED) is 0.267. The average Bonchev–Trinajstić information content (AvgIpc) is 3.23. The topological polar surface area (TPSA) is 68.3 Å². The number of hydrogen-bond donors (Lipinski definition) is 1. The van der Waals surface area contributed by atoms with Gasteiger partial charge in [-0.1, -0.05) is 55.8 Å². The summed E-state index contributed by atoms with van der Waals surface area (Å²) in [4.78, 5) is 32.7. The zero-order chi connectivity index (χ0) is 25.2. The van der Waals surface area contributed by atoms with Crippen LogP contribution in [0.3, 0.4) is 0 Å². The number of ether oxygens (including phenoxy) is 1. The molecule has 2 aromatic carbocycles. The van der Waals surface area contributed by atoms with Crippen molar-refractivity contribution in [3.63, 3.8) is 0 Å². The van der Waals surface area contributed by atoms with Gasteiger partial charge in [0.1, 0.15) is 5.00 Å². The summed E-state index contributed by atoms with van der Waals surface area (Å²) in [6.07, 6.45) is 3.46. The number of rotatable bonds is 6. The van der Waals surface area contributed by atoms with Crippen molar-refractivity contribution >= 4 is 50.7 Å². The van der Waals surface area contributed by atoms with Gasteiger partial charge in [-0.3, -0.25) is 4.79 Å². The zero-order valence-electron chi connectivity index (χ0n) is 20.3. The van der Waals surface area contributed by atoms with Crippen LogP contribution >= 0.6 is 22.9 Å². The average molecular weight is 519 g/mol. The molecule has 1 N–H and O–H groups in total. The minimum absolute atomic E-state index is 0.307. The van der Waals surface area contributed by atoms with Gasteiger partial charge >= 0.3 is 5.97 Å². The standard InChI is InChI=1S/C29H27ClN2O3S/c1-3-13-35-29(34)26-20-11-9-17(2)14-25(20)36-28(26)32-27(33)22-16-24(18-7-5-4-6-8-18)31-23-12-10-19(30)15-21(22)23/h4-8,10,12,15-17H,3,9,11,13-14H2,1-2H3,(H,32,33)/t17-/m0/s1. The largest absolute Gasteiger partial charge is 0.462 e. The van der Waals surface area contributed by atoms with Crippen molar-refractivity contribution in [1.82, 2.24) is 4.98 Å². The molecule has 0 spiro atoms. The maximum absolute atomic E-state index is 13.8. The van der Waals surface area contributed by atoms with Crippen LogP contribution in [-0.2, 0) is 17.6 Å². The molecular weight excluding hydrogens is 492 g/mol. The fourth-order valence-corrected chi connectivity index (χ4v) is 6.20. The second kappa shape index (κ2) is 10.4. The number of pyridine rings is 1. The van der Waals surface area contributed by atoms with Gasteiger partial charge in [0.2, 0.25) is 0 Å². The van der Waals surface area contributed by atoms with Gasteiger partial charge in [-0.05, 0) is 61.4 Å². The Labute approximate surface area is 219 Å². The summed E-state index contributed by atoms with van der Waals surface area (Å²) < 4.78 is 5.51. The number of fused-ring (bicyclic) bond motifs is 2. The number of anilines is 1. The van der Waals surface area contributed by atoms with Gasteiger partial charge in [-0.25, -0.2) is 9.78 Å². The van der Waals surface area contributed by atoms with E-state index in [-0.39, 0.29) is 11.9 Å². The van der Waals surface area contributed by atoms with E-state index < -0.39 is 0 Å². The summed E-state index contributed by atoms with van der Waals surface area (Å²) in [7, 11) is 0. The molecule has 1 amide bonds. The number of halogens is 1. The fourth-order valence-electron chi connectivity index (χ4n) is 4.63. The molecule has 1 aliphatic carbocycles. The molecule has 184 valence electrons. The number of aromatic nitrogens is 1. The first kappa shape index (κ1) is 24.5. The Hall–Kier alpha value is -3.22. The third kappa shape index (κ3) is 4.88. The van der Waals surface area contributed by atoms with Crippen LogP contribution in [-0.4, -0.2) is 23.5 Å². The van der Waals surface area contributed by atoms with Crippen LogP contribution in [0.1, 0.15) is 57.8 Å². The second-order valence-corrected chi connectivity index (χ2v) is 10.8. The molecule has 4 aromatic rings. The summed E-state index contributed by atoms with van der Waals surface area (Å²) in [5.74, 6) is -0.135. The Morgan fingerprint density at radius 3 is 2.75 bits per heavy atom. The molecule has 0 bridgehead atoms. The van der Waals surface area contributed by atoms with Crippen molar-refractivity contribution in [2.45, 2.75) is 39.5 Å². The Morgan fingerprint density at radius 2 is 1.97 bits per heavy atom. The predicted molar refractivity (Wildman–Crippen MR) is 146 cm³/mol. The smallest absolute Gasteiger partial charge is 0.341 e. The van der Waals surface area contributed by atoms with E-state index >= 15 is 0 Å². The van der Waals surface area contributed by atoms with Gasteiger partial charge in [0.25, 0.3) is 5.91 Å². The second-order valence-electron chi connectivity index (χ2n) is 9.23. The number of carbonyl (C=O) groups excluding carboxylic acids is 2. The third-order valence-corrected chi connectivity index (χ3v) is 7.87. The van der Waals surface area contributed by atoms with Gasteiger partial charge in [-0.15, -0.1) is 11.3 Å². The Kier molecular flexibility index (Phi) is 7.08. The molecule has 1 aliphatic rings. The maximum Gasteiger partial charge on any atom is 0.341 e. The fraction of sp³-hybridized carbons (Fsp3) is 0.276. The monoisotopic (exact) mass is 518 g/mol. The number of thiophene rings is 1. The van der Waals surface area contributed by atoms with Crippen LogP contribution < -0.4 is 5.32 Å². The van der Waals surface area contributed by atoms with Gasteiger partial charge in [0.05, 0.1) is 28.9 Å². The van der Waals surface area contributed by atoms with Gasteiger partial charge in [-0.2, -0.15) is 0 Å². The van der Waals surface area contributed by atoms with E-state index in [1.165, 1.54) is 11.3 Å². The van der Waals surface area contributed by atoms with Crippen LogP contribution in [0, 0.1) is 5.92 Å². The molecule has 0 saturated carbocycles. The van der Waals surface area contributed by atoms with Gasteiger partial charge < -0.3 is 10.1 Å². The van der Waals surface area contributed by atoms with Crippen LogP contribution in [0.4, 0.5) is 5.00 Å². The number of benzene rings is 2. The van der Waals surface area contributed by atoms with Crippen molar-refractivity contribution in [3.05, 3.63) is 81.2 Å². The summed E-state index contributed by atoms with van der Waals surface area (Å²) >= 11 is 7.78. The van der Waals surface area contributed by atoms with E-state index in [1.807, 2.05) is 43.3 Å². The van der Waals surface area contributed by atoms with Crippen molar-refractivity contribution in [2.24, 2.45) is 5.92 Å². The summed E-state index contributed by atoms with van der Waals surface area (Å²) in [6, 6.07) is 16.9.